The topological polar surface area (TPSA) is 101 Å². The van der Waals surface area contributed by atoms with Crippen molar-refractivity contribution in [1.82, 2.24) is 14.9 Å². The largest absolute Gasteiger partial charge is 0.417 e. The number of anilines is 1. The number of amides is 1. The molecule has 0 radical (unpaired) electrons. The van der Waals surface area contributed by atoms with E-state index in [0.29, 0.717) is 6.42 Å². The Morgan fingerprint density at radius 1 is 1.22 bits per heavy atom. The first kappa shape index (κ1) is 23.1. The zero-order valence-corrected chi connectivity index (χ0v) is 18.9. The second-order valence-electron chi connectivity index (χ2n) is 8.29. The van der Waals surface area contributed by atoms with Gasteiger partial charge in [0.25, 0.3) is 0 Å². The Hall–Kier alpha value is -2.05. The molecule has 1 amide bonds. The number of benzene rings is 1. The molecule has 0 spiro atoms. The van der Waals surface area contributed by atoms with Crippen molar-refractivity contribution in [3.05, 3.63) is 34.8 Å². The number of hydrogen-bond acceptors (Lipinski definition) is 6. The third-order valence-electron chi connectivity index (χ3n) is 6.58. The lowest BCUT2D eigenvalue weighted by Gasteiger charge is -2.26. The molecule has 32 heavy (non-hydrogen) atoms. The minimum absolute atomic E-state index is 0.108. The number of aromatic nitrogens is 2. The van der Waals surface area contributed by atoms with E-state index in [4.69, 9.17) is 0 Å². The van der Waals surface area contributed by atoms with Gasteiger partial charge in [0.2, 0.25) is 21.1 Å². The number of halogens is 3. The molecule has 2 saturated carbocycles. The van der Waals surface area contributed by atoms with Crippen LogP contribution in [-0.2, 0) is 26.4 Å². The Morgan fingerprint density at radius 3 is 2.53 bits per heavy atom. The molecule has 2 atom stereocenters. The van der Waals surface area contributed by atoms with Crippen molar-refractivity contribution in [1.29, 1.82) is 0 Å². The van der Waals surface area contributed by atoms with Crippen LogP contribution in [0.15, 0.2) is 28.6 Å². The van der Waals surface area contributed by atoms with Crippen molar-refractivity contribution in [3.63, 3.8) is 0 Å². The van der Waals surface area contributed by atoms with E-state index in [1.54, 1.807) is 0 Å². The number of rotatable bonds is 6. The van der Waals surface area contributed by atoms with Crippen molar-refractivity contribution >= 4 is 32.4 Å². The molecular formula is C20H23F3N4O3S2. The maximum atomic E-state index is 13.9. The first-order valence-electron chi connectivity index (χ1n) is 10.3. The standard InChI is InChI=1S/C20H23F3N4O3S2/c1-24-32(29,30)16-8-7-13(9-14(16)20(21,22)23)19(17(28)26-18-27-25-11-31-18)10-15(19)12-5-3-2-4-6-12/h7-9,11-12,15,24H,2-6,10H2,1H3,(H,26,27,28)/t15-,19-/m0/s1. The summed E-state index contributed by atoms with van der Waals surface area (Å²) in [5, 5.41) is 10.5. The average Bonchev–Trinajstić information content (AvgIpc) is 3.34. The lowest BCUT2D eigenvalue weighted by Crippen LogP contribution is -2.32. The van der Waals surface area contributed by atoms with Crippen LogP contribution in [0.1, 0.15) is 49.7 Å². The second kappa shape index (κ2) is 8.38. The smallest absolute Gasteiger partial charge is 0.300 e. The van der Waals surface area contributed by atoms with Gasteiger partial charge < -0.3 is 0 Å². The van der Waals surface area contributed by atoms with Crippen LogP contribution in [0.3, 0.4) is 0 Å². The number of hydrogen-bond donors (Lipinski definition) is 2. The van der Waals surface area contributed by atoms with Gasteiger partial charge in [-0.1, -0.05) is 49.5 Å². The molecule has 2 aliphatic rings. The molecule has 0 bridgehead atoms. The van der Waals surface area contributed by atoms with Crippen LogP contribution in [0.4, 0.5) is 18.3 Å². The molecule has 12 heteroatoms. The number of sulfonamides is 1. The van der Waals surface area contributed by atoms with E-state index in [0.717, 1.165) is 62.6 Å². The highest BCUT2D eigenvalue weighted by molar-refractivity contribution is 7.89. The number of carbonyl (C=O) groups excluding carboxylic acids is 1. The summed E-state index contributed by atoms with van der Waals surface area (Å²) < 4.78 is 67.9. The van der Waals surface area contributed by atoms with Crippen molar-refractivity contribution in [2.24, 2.45) is 11.8 Å². The molecule has 174 valence electrons. The molecule has 7 nitrogen and oxygen atoms in total. The maximum Gasteiger partial charge on any atom is 0.417 e. The summed E-state index contributed by atoms with van der Waals surface area (Å²) in [5.74, 6) is -0.301. The molecule has 0 aliphatic heterocycles. The first-order chi connectivity index (χ1) is 15.1. The zero-order chi connectivity index (χ0) is 23.1. The summed E-state index contributed by atoms with van der Waals surface area (Å²) >= 11 is 1.12. The van der Waals surface area contributed by atoms with Gasteiger partial charge in [-0.2, -0.15) is 13.2 Å². The monoisotopic (exact) mass is 488 g/mol. The highest BCUT2D eigenvalue weighted by Crippen LogP contribution is 2.61. The molecule has 1 aromatic heterocycles. The molecule has 1 heterocycles. The Labute approximate surface area is 187 Å². The molecule has 2 fully saturated rings. The fourth-order valence-corrected chi connectivity index (χ4v) is 6.30. The van der Waals surface area contributed by atoms with Crippen molar-refractivity contribution < 1.29 is 26.4 Å². The van der Waals surface area contributed by atoms with Crippen LogP contribution >= 0.6 is 11.3 Å². The van der Waals surface area contributed by atoms with Gasteiger partial charge in [0.15, 0.2) is 0 Å². The van der Waals surface area contributed by atoms with E-state index in [9.17, 15) is 26.4 Å². The van der Waals surface area contributed by atoms with Crippen LogP contribution < -0.4 is 10.0 Å². The van der Waals surface area contributed by atoms with E-state index in [1.807, 2.05) is 4.72 Å². The predicted molar refractivity (Wildman–Crippen MR) is 113 cm³/mol. The Balaban J connectivity index is 1.79. The molecule has 2 aromatic rings. The third-order valence-corrected chi connectivity index (χ3v) is 8.66. The quantitative estimate of drug-likeness (QED) is 0.642. The van der Waals surface area contributed by atoms with Gasteiger partial charge in [-0.3, -0.25) is 10.1 Å². The van der Waals surface area contributed by atoms with Crippen LogP contribution in [0.25, 0.3) is 0 Å². The molecule has 1 aromatic carbocycles. The van der Waals surface area contributed by atoms with Crippen LogP contribution in [0.5, 0.6) is 0 Å². The molecular weight excluding hydrogens is 465 g/mol. The summed E-state index contributed by atoms with van der Waals surface area (Å²) in [6.07, 6.45) is 0.541. The lowest BCUT2D eigenvalue weighted by molar-refractivity contribution is -0.140. The summed E-state index contributed by atoms with van der Waals surface area (Å²) in [6.45, 7) is 0. The van der Waals surface area contributed by atoms with Gasteiger partial charge in [0.1, 0.15) is 5.51 Å². The van der Waals surface area contributed by atoms with Gasteiger partial charge in [0, 0.05) is 0 Å². The third kappa shape index (κ3) is 4.15. The highest BCUT2D eigenvalue weighted by atomic mass is 32.2. The summed E-state index contributed by atoms with van der Waals surface area (Å²) in [4.78, 5) is 12.5. The van der Waals surface area contributed by atoms with Crippen molar-refractivity contribution in [3.8, 4) is 0 Å². The van der Waals surface area contributed by atoms with E-state index in [1.165, 1.54) is 11.6 Å². The minimum Gasteiger partial charge on any atom is -0.300 e. The van der Waals surface area contributed by atoms with Crippen molar-refractivity contribution in [2.45, 2.75) is 55.0 Å². The SMILES string of the molecule is CNS(=O)(=O)c1ccc([C@@]2(C(=O)Nc3nncs3)C[C@H]2C2CCCCC2)cc1C(F)(F)F. The normalized spacial score (nSPS) is 24.3. The number of nitrogens with zero attached hydrogens (tertiary/aromatic N) is 2. The first-order valence-corrected chi connectivity index (χ1v) is 12.7. The number of nitrogens with one attached hydrogen (secondary N) is 2. The molecule has 0 saturated heterocycles. The van der Waals surface area contributed by atoms with E-state index < -0.39 is 38.0 Å². The van der Waals surface area contributed by atoms with Crippen molar-refractivity contribution in [2.75, 3.05) is 12.4 Å². The second-order valence-corrected chi connectivity index (χ2v) is 11.0. The lowest BCUT2D eigenvalue weighted by atomic mass is 9.80. The van der Waals surface area contributed by atoms with E-state index >= 15 is 0 Å². The summed E-state index contributed by atoms with van der Waals surface area (Å²) in [7, 11) is -3.28. The van der Waals surface area contributed by atoms with E-state index in [-0.39, 0.29) is 22.5 Å². The number of carbonyl (C=O) groups is 1. The van der Waals surface area contributed by atoms with Gasteiger partial charge in [-0.05, 0) is 43.0 Å². The zero-order valence-electron chi connectivity index (χ0n) is 17.3. The fraction of sp³-hybridized carbons (Fsp3) is 0.550. The molecule has 4 rings (SSSR count). The van der Waals surface area contributed by atoms with Crippen LogP contribution in [0, 0.1) is 11.8 Å². The molecule has 0 unspecified atom stereocenters. The molecule has 2 aliphatic carbocycles. The highest BCUT2D eigenvalue weighted by Gasteiger charge is 2.63. The Bertz CT molecular complexity index is 1100. The number of alkyl halides is 3. The van der Waals surface area contributed by atoms with Gasteiger partial charge in [-0.25, -0.2) is 13.1 Å². The fourth-order valence-electron chi connectivity index (χ4n) is 4.93. The summed E-state index contributed by atoms with van der Waals surface area (Å²) in [5.41, 5.74) is -0.804. The van der Waals surface area contributed by atoms with Crippen LogP contribution in [-0.4, -0.2) is 31.6 Å². The van der Waals surface area contributed by atoms with E-state index in [2.05, 4.69) is 15.5 Å². The van der Waals surface area contributed by atoms with Gasteiger partial charge in [-0.15, -0.1) is 10.2 Å². The average molecular weight is 489 g/mol. The Morgan fingerprint density at radius 2 is 1.94 bits per heavy atom. The Kier molecular flexibility index (Phi) is 6.05. The predicted octanol–water partition coefficient (Wildman–Crippen LogP) is 3.94. The van der Waals surface area contributed by atoms with Gasteiger partial charge in [0.05, 0.1) is 15.9 Å². The maximum absolute atomic E-state index is 13.9. The van der Waals surface area contributed by atoms with Crippen LogP contribution in [0.2, 0.25) is 0 Å². The minimum atomic E-state index is -4.90. The van der Waals surface area contributed by atoms with Gasteiger partial charge >= 0.3 is 6.18 Å². The molecule has 2 N–H and O–H groups in total. The summed E-state index contributed by atoms with van der Waals surface area (Å²) in [6, 6.07) is 3.11.